The van der Waals surface area contributed by atoms with E-state index in [0.717, 1.165) is 22.6 Å². The molecule has 7 heteroatoms. The van der Waals surface area contributed by atoms with Crippen LogP contribution >= 0.6 is 23.2 Å². The Hall–Kier alpha value is -2.24. The van der Waals surface area contributed by atoms with Gasteiger partial charge in [-0.1, -0.05) is 35.3 Å². The zero-order valence-corrected chi connectivity index (χ0v) is 15.4. The van der Waals surface area contributed by atoms with Crippen LogP contribution in [-0.2, 0) is 24.3 Å². The maximum absolute atomic E-state index is 12.6. The number of hydrogen-bond acceptors (Lipinski definition) is 3. The number of benzene rings is 2. The number of oxazole rings is 1. The highest BCUT2D eigenvalue weighted by Gasteiger charge is 2.22. The van der Waals surface area contributed by atoms with Crippen LogP contribution in [0.5, 0.6) is 0 Å². The molecule has 0 unspecified atom stereocenters. The number of fused-ring (bicyclic) bond motifs is 2. The molecule has 0 fully saturated rings. The lowest BCUT2D eigenvalue weighted by Gasteiger charge is -2.29. The van der Waals surface area contributed by atoms with Crippen LogP contribution in [0.3, 0.4) is 0 Å². The molecule has 4 rings (SSSR count). The van der Waals surface area contributed by atoms with Crippen molar-refractivity contribution in [2.45, 2.75) is 25.9 Å². The van der Waals surface area contributed by atoms with Gasteiger partial charge in [-0.05, 0) is 35.7 Å². The van der Waals surface area contributed by atoms with Gasteiger partial charge in [-0.3, -0.25) is 9.36 Å². The SMILES string of the molecule is O=C(CCn1c(=O)oc2cc(Cl)ccc21)N1CCc2c(Cl)cccc2C1. The van der Waals surface area contributed by atoms with E-state index in [1.807, 2.05) is 23.1 Å². The minimum absolute atomic E-state index is 0.00541. The minimum atomic E-state index is -0.481. The molecule has 1 aliphatic rings. The number of halogens is 2. The summed E-state index contributed by atoms with van der Waals surface area (Å²) < 4.78 is 6.67. The van der Waals surface area contributed by atoms with Crippen molar-refractivity contribution in [1.82, 2.24) is 9.47 Å². The van der Waals surface area contributed by atoms with E-state index in [1.54, 1.807) is 18.2 Å². The zero-order valence-electron chi connectivity index (χ0n) is 13.9. The van der Waals surface area contributed by atoms with Crippen LogP contribution in [0.2, 0.25) is 10.0 Å². The maximum Gasteiger partial charge on any atom is 0.419 e. The van der Waals surface area contributed by atoms with E-state index in [1.165, 1.54) is 4.57 Å². The molecule has 0 saturated heterocycles. The summed E-state index contributed by atoms with van der Waals surface area (Å²) in [4.78, 5) is 26.5. The van der Waals surface area contributed by atoms with E-state index < -0.39 is 5.76 Å². The van der Waals surface area contributed by atoms with Crippen molar-refractivity contribution in [2.24, 2.45) is 0 Å². The van der Waals surface area contributed by atoms with E-state index in [9.17, 15) is 9.59 Å². The second kappa shape index (κ2) is 6.82. The summed E-state index contributed by atoms with van der Waals surface area (Å²) in [7, 11) is 0. The Labute approximate surface area is 159 Å². The summed E-state index contributed by atoms with van der Waals surface area (Å²) in [6.07, 6.45) is 0.973. The van der Waals surface area contributed by atoms with Crippen LogP contribution in [0.15, 0.2) is 45.6 Å². The molecule has 2 heterocycles. The highest BCUT2D eigenvalue weighted by Crippen LogP contribution is 2.26. The van der Waals surface area contributed by atoms with Crippen LogP contribution in [0, 0.1) is 0 Å². The molecule has 1 aliphatic heterocycles. The number of aryl methyl sites for hydroxylation is 1. The van der Waals surface area contributed by atoms with Crippen molar-refractivity contribution in [3.8, 4) is 0 Å². The molecule has 2 aromatic carbocycles. The molecule has 0 aliphatic carbocycles. The standard InChI is InChI=1S/C19H16Cl2N2O3/c20-13-4-5-16-17(10-13)26-19(25)23(16)9-7-18(24)22-8-6-14-12(11-22)2-1-3-15(14)21/h1-5,10H,6-9,11H2. The molecule has 0 spiro atoms. The fourth-order valence-electron chi connectivity index (χ4n) is 3.39. The number of hydrogen-bond donors (Lipinski definition) is 0. The second-order valence-electron chi connectivity index (χ2n) is 6.32. The van der Waals surface area contributed by atoms with Gasteiger partial charge in [0, 0.05) is 42.2 Å². The molecule has 0 N–H and O–H groups in total. The number of nitrogens with zero attached hydrogens (tertiary/aromatic N) is 2. The normalized spacial score (nSPS) is 13.8. The molecular weight excluding hydrogens is 375 g/mol. The molecular formula is C19H16Cl2N2O3. The first-order valence-electron chi connectivity index (χ1n) is 8.36. The Bertz CT molecular complexity index is 1050. The number of carbonyl (C=O) groups excluding carboxylic acids is 1. The second-order valence-corrected chi connectivity index (χ2v) is 7.17. The van der Waals surface area contributed by atoms with E-state index in [0.29, 0.717) is 29.2 Å². The van der Waals surface area contributed by atoms with Crippen LogP contribution < -0.4 is 5.76 Å². The summed E-state index contributed by atoms with van der Waals surface area (Å²) in [6, 6.07) is 10.8. The number of rotatable bonds is 3. The third-order valence-corrected chi connectivity index (χ3v) is 5.33. The lowest BCUT2D eigenvalue weighted by Crippen LogP contribution is -2.36. The first-order chi connectivity index (χ1) is 12.5. The van der Waals surface area contributed by atoms with Crippen molar-refractivity contribution < 1.29 is 9.21 Å². The van der Waals surface area contributed by atoms with Crippen LogP contribution in [0.25, 0.3) is 11.1 Å². The summed E-state index contributed by atoms with van der Waals surface area (Å²) in [5, 5.41) is 1.25. The lowest BCUT2D eigenvalue weighted by atomic mass is 9.99. The topological polar surface area (TPSA) is 55.5 Å². The Kier molecular flexibility index (Phi) is 4.51. The maximum atomic E-state index is 12.6. The van der Waals surface area contributed by atoms with E-state index in [-0.39, 0.29) is 18.9 Å². The molecule has 0 bridgehead atoms. The summed E-state index contributed by atoms with van der Waals surface area (Å²) >= 11 is 12.1. The van der Waals surface area contributed by atoms with Crippen molar-refractivity contribution in [1.29, 1.82) is 0 Å². The molecule has 3 aromatic rings. The fraction of sp³-hybridized carbons (Fsp3) is 0.263. The van der Waals surface area contributed by atoms with Gasteiger partial charge in [0.25, 0.3) is 0 Å². The Balaban J connectivity index is 1.48. The van der Waals surface area contributed by atoms with Crippen molar-refractivity contribution in [2.75, 3.05) is 6.54 Å². The van der Waals surface area contributed by atoms with E-state index in [2.05, 4.69) is 0 Å². The predicted octanol–water partition coefficient (Wildman–Crippen LogP) is 3.88. The van der Waals surface area contributed by atoms with Gasteiger partial charge in [0.2, 0.25) is 5.91 Å². The first-order valence-corrected chi connectivity index (χ1v) is 9.11. The van der Waals surface area contributed by atoms with Crippen LogP contribution in [0.4, 0.5) is 0 Å². The summed E-state index contributed by atoms with van der Waals surface area (Å²) in [5.41, 5.74) is 3.27. The van der Waals surface area contributed by atoms with Crippen molar-refractivity contribution in [3.05, 3.63) is 68.1 Å². The summed E-state index contributed by atoms with van der Waals surface area (Å²) in [5.74, 6) is -0.475. The molecule has 26 heavy (non-hydrogen) atoms. The van der Waals surface area contributed by atoms with Gasteiger partial charge >= 0.3 is 5.76 Å². The van der Waals surface area contributed by atoms with E-state index in [4.69, 9.17) is 27.6 Å². The average molecular weight is 391 g/mol. The largest absolute Gasteiger partial charge is 0.419 e. The summed E-state index contributed by atoms with van der Waals surface area (Å²) in [6.45, 7) is 1.45. The third kappa shape index (κ3) is 3.13. The fourth-order valence-corrected chi connectivity index (χ4v) is 3.84. The zero-order chi connectivity index (χ0) is 18.3. The number of carbonyl (C=O) groups is 1. The van der Waals surface area contributed by atoms with Gasteiger partial charge in [-0.15, -0.1) is 0 Å². The monoisotopic (exact) mass is 390 g/mol. The van der Waals surface area contributed by atoms with Gasteiger partial charge < -0.3 is 9.32 Å². The Morgan fingerprint density at radius 1 is 1.19 bits per heavy atom. The van der Waals surface area contributed by atoms with Crippen molar-refractivity contribution >= 4 is 40.2 Å². The molecule has 134 valence electrons. The third-order valence-electron chi connectivity index (χ3n) is 4.74. The molecule has 0 saturated carbocycles. The predicted molar refractivity (Wildman–Crippen MR) is 101 cm³/mol. The number of aromatic nitrogens is 1. The lowest BCUT2D eigenvalue weighted by molar-refractivity contribution is -0.132. The molecule has 0 radical (unpaired) electrons. The average Bonchev–Trinajstić information content (AvgIpc) is 2.93. The number of amides is 1. The van der Waals surface area contributed by atoms with Gasteiger partial charge in [0.15, 0.2) is 5.58 Å². The minimum Gasteiger partial charge on any atom is -0.408 e. The molecule has 1 amide bonds. The quantitative estimate of drug-likeness (QED) is 0.681. The molecule has 0 atom stereocenters. The first kappa shape index (κ1) is 17.2. The Morgan fingerprint density at radius 2 is 2.04 bits per heavy atom. The smallest absolute Gasteiger partial charge is 0.408 e. The molecule has 5 nitrogen and oxygen atoms in total. The van der Waals surface area contributed by atoms with Gasteiger partial charge in [-0.2, -0.15) is 0 Å². The van der Waals surface area contributed by atoms with Gasteiger partial charge in [0.05, 0.1) is 5.52 Å². The van der Waals surface area contributed by atoms with Crippen LogP contribution in [0.1, 0.15) is 17.5 Å². The highest BCUT2D eigenvalue weighted by molar-refractivity contribution is 6.31. The van der Waals surface area contributed by atoms with Gasteiger partial charge in [0.1, 0.15) is 0 Å². The van der Waals surface area contributed by atoms with Gasteiger partial charge in [-0.25, -0.2) is 4.79 Å². The van der Waals surface area contributed by atoms with Crippen LogP contribution in [-0.4, -0.2) is 21.9 Å². The Morgan fingerprint density at radius 3 is 2.88 bits per heavy atom. The highest BCUT2D eigenvalue weighted by atomic mass is 35.5. The van der Waals surface area contributed by atoms with Crippen molar-refractivity contribution in [3.63, 3.8) is 0 Å². The molecule has 1 aromatic heterocycles. The van der Waals surface area contributed by atoms with E-state index >= 15 is 0 Å².